The Kier molecular flexibility index (Phi) is 4.29. The number of allylic oxidation sites excluding steroid dienone is 2. The van der Waals surface area contributed by atoms with Crippen LogP contribution in [0, 0.1) is 17.8 Å². The van der Waals surface area contributed by atoms with Crippen LogP contribution in [0.15, 0.2) is 30.5 Å². The average Bonchev–Trinajstić information content (AvgIpc) is 3.15. The largest absolute Gasteiger partial charge is 0.433 e. The number of fused-ring (bicyclic) bond motifs is 2. The summed E-state index contributed by atoms with van der Waals surface area (Å²) in [7, 11) is 0. The molecule has 5 nitrogen and oxygen atoms in total. The number of alkyl halides is 3. The highest BCUT2D eigenvalue weighted by Gasteiger charge is 2.36. The fourth-order valence-corrected chi connectivity index (χ4v) is 3.26. The maximum atomic E-state index is 12.4. The van der Waals surface area contributed by atoms with E-state index in [1.165, 1.54) is 0 Å². The molecule has 0 saturated heterocycles. The van der Waals surface area contributed by atoms with Gasteiger partial charge in [0.25, 0.3) is 0 Å². The Labute approximate surface area is 136 Å². The molecule has 0 aliphatic heterocycles. The van der Waals surface area contributed by atoms with Crippen molar-refractivity contribution in [1.29, 1.82) is 0 Å². The molecule has 2 aliphatic carbocycles. The molecule has 1 aromatic rings. The van der Waals surface area contributed by atoms with E-state index in [4.69, 9.17) is 0 Å². The number of pyridine rings is 1. The molecule has 128 valence electrons. The van der Waals surface area contributed by atoms with Gasteiger partial charge in [0.05, 0.1) is 11.9 Å². The quantitative estimate of drug-likeness (QED) is 0.656. The molecule has 1 fully saturated rings. The molecular formula is C16H16F3N3O2. The second-order valence-electron chi connectivity index (χ2n) is 6.13. The predicted molar refractivity (Wildman–Crippen MR) is 79.7 cm³/mol. The van der Waals surface area contributed by atoms with Gasteiger partial charge in [-0.3, -0.25) is 9.59 Å². The highest BCUT2D eigenvalue weighted by molar-refractivity contribution is 6.39. The predicted octanol–water partition coefficient (Wildman–Crippen LogP) is 2.37. The van der Waals surface area contributed by atoms with E-state index in [9.17, 15) is 22.8 Å². The lowest BCUT2D eigenvalue weighted by Gasteiger charge is -2.18. The number of aromatic nitrogens is 1. The fraction of sp³-hybridized carbons (Fsp3) is 0.438. The standard InChI is InChI=1S/C16H16F3N3O2/c17-16(18,19)13-4-3-12(8-20-13)22-15(24)14(23)21-7-11-6-9-1-2-10(11)5-9/h1-4,8-11H,5-7H2,(H,21,23)(H,22,24). The molecule has 1 saturated carbocycles. The molecule has 24 heavy (non-hydrogen) atoms. The van der Waals surface area contributed by atoms with Crippen molar-refractivity contribution in [3.63, 3.8) is 0 Å². The minimum Gasteiger partial charge on any atom is -0.348 e. The monoisotopic (exact) mass is 339 g/mol. The number of nitrogens with one attached hydrogen (secondary N) is 2. The van der Waals surface area contributed by atoms with Gasteiger partial charge < -0.3 is 10.6 Å². The van der Waals surface area contributed by atoms with Crippen LogP contribution in [-0.2, 0) is 15.8 Å². The summed E-state index contributed by atoms with van der Waals surface area (Å²) in [5.41, 5.74) is -1.03. The summed E-state index contributed by atoms with van der Waals surface area (Å²) in [6, 6.07) is 1.80. The number of amides is 2. The van der Waals surface area contributed by atoms with Gasteiger partial charge in [0, 0.05) is 6.54 Å². The molecule has 3 atom stereocenters. The first-order chi connectivity index (χ1) is 11.3. The van der Waals surface area contributed by atoms with Crippen LogP contribution in [0.25, 0.3) is 0 Å². The first-order valence-electron chi connectivity index (χ1n) is 7.63. The molecule has 2 aliphatic rings. The zero-order chi connectivity index (χ0) is 17.3. The van der Waals surface area contributed by atoms with E-state index >= 15 is 0 Å². The summed E-state index contributed by atoms with van der Waals surface area (Å²) in [5.74, 6) is -0.359. The Morgan fingerprint density at radius 1 is 1.17 bits per heavy atom. The van der Waals surface area contributed by atoms with Crippen molar-refractivity contribution in [3.8, 4) is 0 Å². The Morgan fingerprint density at radius 3 is 2.50 bits per heavy atom. The topological polar surface area (TPSA) is 71.1 Å². The van der Waals surface area contributed by atoms with E-state index in [0.29, 0.717) is 24.3 Å². The minimum atomic E-state index is -4.55. The normalized spacial score (nSPS) is 24.9. The maximum Gasteiger partial charge on any atom is 0.433 e. The summed E-state index contributed by atoms with van der Waals surface area (Å²) in [5, 5.41) is 4.81. The van der Waals surface area contributed by atoms with E-state index in [1.807, 2.05) is 0 Å². The van der Waals surface area contributed by atoms with E-state index in [0.717, 1.165) is 31.2 Å². The van der Waals surface area contributed by atoms with Gasteiger partial charge in [0.2, 0.25) is 0 Å². The van der Waals surface area contributed by atoms with Crippen molar-refractivity contribution < 1.29 is 22.8 Å². The number of hydrogen-bond acceptors (Lipinski definition) is 3. The molecule has 0 spiro atoms. The van der Waals surface area contributed by atoms with E-state index in [1.54, 1.807) is 0 Å². The Balaban J connectivity index is 1.49. The summed E-state index contributed by atoms with van der Waals surface area (Å²) < 4.78 is 37.2. The van der Waals surface area contributed by atoms with Crippen LogP contribution in [0.3, 0.4) is 0 Å². The van der Waals surface area contributed by atoms with Crippen LogP contribution in [0.5, 0.6) is 0 Å². The Bertz CT molecular complexity index is 670. The van der Waals surface area contributed by atoms with Crippen LogP contribution in [0.4, 0.5) is 18.9 Å². The number of hydrogen-bond donors (Lipinski definition) is 2. The van der Waals surface area contributed by atoms with Crippen molar-refractivity contribution in [3.05, 3.63) is 36.2 Å². The van der Waals surface area contributed by atoms with Gasteiger partial charge >= 0.3 is 18.0 Å². The fourth-order valence-electron chi connectivity index (χ4n) is 3.26. The van der Waals surface area contributed by atoms with Gasteiger partial charge in [-0.1, -0.05) is 12.2 Å². The highest BCUT2D eigenvalue weighted by atomic mass is 19.4. The Morgan fingerprint density at radius 2 is 1.96 bits per heavy atom. The number of carbonyl (C=O) groups excluding carboxylic acids is 2. The molecule has 0 aromatic carbocycles. The molecule has 8 heteroatoms. The number of rotatable bonds is 3. The van der Waals surface area contributed by atoms with E-state index in [-0.39, 0.29) is 5.69 Å². The van der Waals surface area contributed by atoms with Crippen molar-refractivity contribution >= 4 is 17.5 Å². The van der Waals surface area contributed by atoms with E-state index < -0.39 is 23.7 Å². The van der Waals surface area contributed by atoms with Crippen LogP contribution < -0.4 is 10.6 Å². The molecule has 1 heterocycles. The van der Waals surface area contributed by atoms with Crippen molar-refractivity contribution in [2.75, 3.05) is 11.9 Å². The first-order valence-corrected chi connectivity index (χ1v) is 7.63. The van der Waals surface area contributed by atoms with Crippen molar-refractivity contribution in [2.45, 2.75) is 19.0 Å². The van der Waals surface area contributed by atoms with Crippen LogP contribution in [0.1, 0.15) is 18.5 Å². The third-order valence-corrected chi connectivity index (χ3v) is 4.46. The molecular weight excluding hydrogens is 323 g/mol. The molecule has 0 radical (unpaired) electrons. The first kappa shape index (κ1) is 16.5. The maximum absolute atomic E-state index is 12.4. The van der Waals surface area contributed by atoms with Crippen LogP contribution >= 0.6 is 0 Å². The number of halogens is 3. The molecule has 2 N–H and O–H groups in total. The lowest BCUT2D eigenvalue weighted by atomic mass is 9.94. The Hall–Kier alpha value is -2.38. The summed E-state index contributed by atoms with van der Waals surface area (Å²) >= 11 is 0. The second kappa shape index (κ2) is 6.26. The second-order valence-corrected chi connectivity index (χ2v) is 6.13. The lowest BCUT2D eigenvalue weighted by molar-refractivity contribution is -0.141. The number of nitrogens with zero attached hydrogens (tertiary/aromatic N) is 1. The third kappa shape index (κ3) is 3.58. The third-order valence-electron chi connectivity index (χ3n) is 4.46. The highest BCUT2D eigenvalue weighted by Crippen LogP contribution is 2.42. The molecule has 3 unspecified atom stereocenters. The average molecular weight is 339 g/mol. The van der Waals surface area contributed by atoms with Gasteiger partial charge in [0.1, 0.15) is 5.69 Å². The molecule has 1 aromatic heterocycles. The minimum absolute atomic E-state index is 0.0333. The number of anilines is 1. The van der Waals surface area contributed by atoms with Gasteiger partial charge in [-0.15, -0.1) is 0 Å². The zero-order valence-corrected chi connectivity index (χ0v) is 12.6. The SMILES string of the molecule is O=C(NCC1CC2C=CC1C2)C(=O)Nc1ccc(C(F)(F)F)nc1. The van der Waals surface area contributed by atoms with Gasteiger partial charge in [-0.05, 0) is 42.7 Å². The van der Waals surface area contributed by atoms with Gasteiger partial charge in [-0.2, -0.15) is 13.2 Å². The van der Waals surface area contributed by atoms with Crippen molar-refractivity contribution in [2.24, 2.45) is 17.8 Å². The smallest absolute Gasteiger partial charge is 0.348 e. The summed E-state index contributed by atoms with van der Waals surface area (Å²) in [4.78, 5) is 26.8. The zero-order valence-electron chi connectivity index (χ0n) is 12.6. The molecule has 2 amide bonds. The summed E-state index contributed by atoms with van der Waals surface area (Å²) in [6.07, 6.45) is 2.77. The summed E-state index contributed by atoms with van der Waals surface area (Å²) in [6.45, 7) is 0.420. The number of carbonyl (C=O) groups is 2. The molecule has 3 rings (SSSR count). The van der Waals surface area contributed by atoms with Crippen LogP contribution in [0.2, 0.25) is 0 Å². The van der Waals surface area contributed by atoms with Gasteiger partial charge in [-0.25, -0.2) is 4.98 Å². The lowest BCUT2D eigenvalue weighted by Crippen LogP contribution is -2.38. The molecule has 2 bridgehead atoms. The van der Waals surface area contributed by atoms with Gasteiger partial charge in [0.15, 0.2) is 0 Å². The van der Waals surface area contributed by atoms with Crippen LogP contribution in [-0.4, -0.2) is 23.3 Å². The van der Waals surface area contributed by atoms with Crippen molar-refractivity contribution in [1.82, 2.24) is 10.3 Å². The van der Waals surface area contributed by atoms with E-state index in [2.05, 4.69) is 27.8 Å².